The van der Waals surface area contributed by atoms with Gasteiger partial charge in [0.15, 0.2) is 11.4 Å². The number of aromatic nitrogens is 3. The van der Waals surface area contributed by atoms with Crippen molar-refractivity contribution in [2.45, 2.75) is 19.3 Å². The van der Waals surface area contributed by atoms with Crippen molar-refractivity contribution in [2.75, 3.05) is 11.9 Å². The number of aryl methyl sites for hydroxylation is 1. The first kappa shape index (κ1) is 14.6. The Labute approximate surface area is 138 Å². The molecule has 6 heteroatoms. The second kappa shape index (κ2) is 5.88. The Hall–Kier alpha value is -3.02. The average molecular weight is 320 g/mol. The van der Waals surface area contributed by atoms with Crippen LogP contribution in [0.2, 0.25) is 0 Å². The molecule has 2 N–H and O–H groups in total. The third-order valence-corrected chi connectivity index (χ3v) is 4.29. The first-order valence-electron chi connectivity index (χ1n) is 7.95. The number of hydrogen-bond donors (Lipinski definition) is 2. The highest BCUT2D eigenvalue weighted by molar-refractivity contribution is 6.04. The van der Waals surface area contributed by atoms with Crippen LogP contribution in [0, 0.1) is 0 Å². The summed E-state index contributed by atoms with van der Waals surface area (Å²) in [6.07, 6.45) is 3.38. The molecule has 0 atom stereocenters. The fraction of sp³-hybridized carbons (Fsp3) is 0.222. The first-order valence-corrected chi connectivity index (χ1v) is 7.95. The first-order chi connectivity index (χ1) is 11.7. The molecule has 0 aliphatic heterocycles. The second-order valence-corrected chi connectivity index (χ2v) is 5.85. The standard InChI is InChI=1S/C18H16N4O2/c23-14-7-6-12-13(14)10-20-16-15(12)17(24)22-18(21-16)19-9-8-11-4-2-1-3-5-11/h1-5,10H,6-9H2,(H2,19,20,21,22,24). The minimum Gasteiger partial charge on any atom is -0.355 e. The number of carbonyl (C=O) groups is 1. The summed E-state index contributed by atoms with van der Waals surface area (Å²) in [6, 6.07) is 10.1. The van der Waals surface area contributed by atoms with Crippen LogP contribution in [-0.2, 0) is 12.8 Å². The fourth-order valence-corrected chi connectivity index (χ4v) is 3.09. The van der Waals surface area contributed by atoms with E-state index in [4.69, 9.17) is 0 Å². The molecule has 1 aliphatic rings. The van der Waals surface area contributed by atoms with Crippen molar-refractivity contribution in [3.8, 4) is 0 Å². The van der Waals surface area contributed by atoms with Crippen LogP contribution in [0.25, 0.3) is 11.0 Å². The Bertz CT molecular complexity index is 979. The van der Waals surface area contributed by atoms with Crippen molar-refractivity contribution in [2.24, 2.45) is 0 Å². The van der Waals surface area contributed by atoms with Crippen LogP contribution in [0.15, 0.2) is 41.3 Å². The molecule has 3 aromatic rings. The number of Topliss-reactive ketones (excluding diaryl/α,β-unsaturated/α-hetero) is 1. The van der Waals surface area contributed by atoms with Crippen molar-refractivity contribution >= 4 is 22.8 Å². The van der Waals surface area contributed by atoms with Gasteiger partial charge < -0.3 is 5.32 Å². The summed E-state index contributed by atoms with van der Waals surface area (Å²) in [5, 5.41) is 3.57. The van der Waals surface area contributed by atoms with E-state index >= 15 is 0 Å². The highest BCUT2D eigenvalue weighted by Crippen LogP contribution is 2.25. The number of nitrogens with one attached hydrogen (secondary N) is 2. The van der Waals surface area contributed by atoms with Gasteiger partial charge in [-0.05, 0) is 24.0 Å². The molecule has 0 saturated heterocycles. The second-order valence-electron chi connectivity index (χ2n) is 5.85. The molecule has 2 heterocycles. The van der Waals surface area contributed by atoms with Gasteiger partial charge in [0.05, 0.1) is 5.39 Å². The quantitative estimate of drug-likeness (QED) is 0.768. The third kappa shape index (κ3) is 2.56. The molecule has 0 fully saturated rings. The topological polar surface area (TPSA) is 87.7 Å². The zero-order valence-corrected chi connectivity index (χ0v) is 13.0. The number of carbonyl (C=O) groups excluding carboxylic acids is 1. The van der Waals surface area contributed by atoms with Crippen molar-refractivity contribution in [1.29, 1.82) is 0 Å². The van der Waals surface area contributed by atoms with Crippen LogP contribution < -0.4 is 10.9 Å². The number of aromatic amines is 1. The number of pyridine rings is 1. The maximum atomic E-state index is 12.4. The summed E-state index contributed by atoms with van der Waals surface area (Å²) >= 11 is 0. The van der Waals surface area contributed by atoms with Gasteiger partial charge in [-0.3, -0.25) is 14.6 Å². The Kier molecular flexibility index (Phi) is 3.57. The van der Waals surface area contributed by atoms with Gasteiger partial charge in [0, 0.05) is 24.7 Å². The number of ketones is 1. The van der Waals surface area contributed by atoms with E-state index in [0.717, 1.165) is 12.0 Å². The van der Waals surface area contributed by atoms with Crippen molar-refractivity contribution in [3.05, 3.63) is 63.6 Å². The van der Waals surface area contributed by atoms with Crippen LogP contribution in [0.1, 0.15) is 27.9 Å². The number of fused-ring (bicyclic) bond motifs is 3. The lowest BCUT2D eigenvalue weighted by atomic mass is 10.1. The summed E-state index contributed by atoms with van der Waals surface area (Å²) < 4.78 is 0. The molecule has 0 radical (unpaired) electrons. The maximum absolute atomic E-state index is 12.4. The van der Waals surface area contributed by atoms with E-state index in [2.05, 4.69) is 32.4 Å². The van der Waals surface area contributed by atoms with Crippen molar-refractivity contribution < 1.29 is 4.79 Å². The monoisotopic (exact) mass is 320 g/mol. The van der Waals surface area contributed by atoms with Gasteiger partial charge in [-0.15, -0.1) is 0 Å². The predicted molar refractivity (Wildman–Crippen MR) is 91.4 cm³/mol. The summed E-state index contributed by atoms with van der Waals surface area (Å²) in [5.74, 6) is 0.448. The molecule has 0 amide bonds. The van der Waals surface area contributed by atoms with Gasteiger partial charge in [-0.1, -0.05) is 30.3 Å². The van der Waals surface area contributed by atoms with E-state index in [-0.39, 0.29) is 11.3 Å². The fourth-order valence-electron chi connectivity index (χ4n) is 3.09. The molecule has 1 aliphatic carbocycles. The van der Waals surface area contributed by atoms with E-state index in [1.54, 1.807) is 0 Å². The lowest BCUT2D eigenvalue weighted by Crippen LogP contribution is -2.17. The molecular weight excluding hydrogens is 304 g/mol. The van der Waals surface area contributed by atoms with E-state index in [9.17, 15) is 9.59 Å². The molecule has 6 nitrogen and oxygen atoms in total. The van der Waals surface area contributed by atoms with Crippen LogP contribution in [0.5, 0.6) is 0 Å². The number of nitrogens with zero attached hydrogens (tertiary/aromatic N) is 2. The molecule has 0 spiro atoms. The van der Waals surface area contributed by atoms with Gasteiger partial charge in [0.1, 0.15) is 0 Å². The van der Waals surface area contributed by atoms with Gasteiger partial charge in [-0.2, -0.15) is 4.98 Å². The average Bonchev–Trinajstić information content (AvgIpc) is 2.97. The number of rotatable bonds is 4. The van der Waals surface area contributed by atoms with Gasteiger partial charge >= 0.3 is 0 Å². The SMILES string of the molecule is O=C1CCc2c1cnc1nc(NCCc3ccccc3)[nH]c(=O)c21. The molecular formula is C18H16N4O2. The smallest absolute Gasteiger partial charge is 0.262 e. The maximum Gasteiger partial charge on any atom is 0.262 e. The largest absolute Gasteiger partial charge is 0.355 e. The number of hydrogen-bond acceptors (Lipinski definition) is 5. The summed E-state index contributed by atoms with van der Waals surface area (Å²) in [5.41, 5.74) is 2.67. The highest BCUT2D eigenvalue weighted by atomic mass is 16.1. The minimum atomic E-state index is -0.249. The zero-order valence-electron chi connectivity index (χ0n) is 13.0. The van der Waals surface area contributed by atoms with Gasteiger partial charge in [-0.25, -0.2) is 4.98 Å². The minimum absolute atomic E-state index is 0.0452. The Morgan fingerprint density at radius 1 is 1.12 bits per heavy atom. The lowest BCUT2D eigenvalue weighted by Gasteiger charge is -2.07. The van der Waals surface area contributed by atoms with E-state index in [1.807, 2.05) is 18.2 Å². The lowest BCUT2D eigenvalue weighted by molar-refractivity contribution is 0.0994. The van der Waals surface area contributed by atoms with Gasteiger partial charge in [0.25, 0.3) is 5.56 Å². The Morgan fingerprint density at radius 2 is 1.96 bits per heavy atom. The van der Waals surface area contributed by atoms with Crippen LogP contribution >= 0.6 is 0 Å². The van der Waals surface area contributed by atoms with E-state index in [1.165, 1.54) is 11.8 Å². The van der Waals surface area contributed by atoms with E-state index < -0.39 is 0 Å². The molecule has 2 aromatic heterocycles. The normalized spacial score (nSPS) is 13.2. The van der Waals surface area contributed by atoms with Gasteiger partial charge in [0.2, 0.25) is 5.95 Å². The highest BCUT2D eigenvalue weighted by Gasteiger charge is 2.24. The molecule has 1 aromatic carbocycles. The van der Waals surface area contributed by atoms with Crippen LogP contribution in [0.3, 0.4) is 0 Å². The molecule has 0 saturated carbocycles. The third-order valence-electron chi connectivity index (χ3n) is 4.29. The molecule has 0 unspecified atom stereocenters. The van der Waals surface area contributed by atoms with Crippen molar-refractivity contribution in [3.63, 3.8) is 0 Å². The molecule has 120 valence electrons. The summed E-state index contributed by atoms with van der Waals surface area (Å²) in [4.78, 5) is 35.5. The molecule has 4 rings (SSSR count). The van der Waals surface area contributed by atoms with Crippen molar-refractivity contribution in [1.82, 2.24) is 15.0 Å². The van der Waals surface area contributed by atoms with Crippen LogP contribution in [-0.4, -0.2) is 27.3 Å². The number of H-pyrrole nitrogens is 1. The van der Waals surface area contributed by atoms with E-state index in [0.29, 0.717) is 41.9 Å². The Balaban J connectivity index is 1.60. The zero-order chi connectivity index (χ0) is 16.5. The molecule has 24 heavy (non-hydrogen) atoms. The number of anilines is 1. The summed E-state index contributed by atoms with van der Waals surface area (Å²) in [7, 11) is 0. The summed E-state index contributed by atoms with van der Waals surface area (Å²) in [6.45, 7) is 0.655. The molecule has 0 bridgehead atoms. The Morgan fingerprint density at radius 3 is 2.79 bits per heavy atom. The van der Waals surface area contributed by atoms with Crippen LogP contribution in [0.4, 0.5) is 5.95 Å². The predicted octanol–water partition coefficient (Wildman–Crippen LogP) is 2.10. The number of benzene rings is 1.